The first-order chi connectivity index (χ1) is 20.6. The molecule has 6 aromatic heterocycles. The van der Waals surface area contributed by atoms with Crippen LogP contribution in [0.15, 0.2) is 54.4 Å². The summed E-state index contributed by atoms with van der Waals surface area (Å²) in [4.78, 5) is 31.6. The number of hydrogen-bond acceptors (Lipinski definition) is 8. The number of imidazole rings is 2. The molecule has 6 aromatic rings. The van der Waals surface area contributed by atoms with Gasteiger partial charge in [-0.15, -0.1) is 0 Å². The van der Waals surface area contributed by atoms with Gasteiger partial charge in [0.2, 0.25) is 0 Å². The average molecular weight is 567 g/mol. The van der Waals surface area contributed by atoms with Gasteiger partial charge >= 0.3 is 0 Å². The molecule has 2 saturated heterocycles. The van der Waals surface area contributed by atoms with E-state index in [1.165, 1.54) is 0 Å². The van der Waals surface area contributed by atoms with Crippen LogP contribution in [0.4, 0.5) is 11.6 Å². The van der Waals surface area contributed by atoms with E-state index >= 15 is 0 Å². The zero-order valence-corrected chi connectivity index (χ0v) is 23.7. The maximum absolute atomic E-state index is 8.70. The molecule has 216 valence electrons. The van der Waals surface area contributed by atoms with Crippen LogP contribution in [0.2, 0.25) is 0 Å². The van der Waals surface area contributed by atoms with Gasteiger partial charge in [0, 0.05) is 48.5 Å². The van der Waals surface area contributed by atoms with Crippen LogP contribution in [0.1, 0.15) is 39.5 Å². The number of nitrogens with one attached hydrogen (secondary N) is 2. The van der Waals surface area contributed by atoms with Crippen molar-refractivity contribution < 1.29 is 0 Å². The molecule has 4 atom stereocenters. The highest BCUT2D eigenvalue weighted by molar-refractivity contribution is 5.78. The molecule has 0 bridgehead atoms. The van der Waals surface area contributed by atoms with Crippen molar-refractivity contribution in [2.24, 2.45) is 10.8 Å². The molecule has 0 amide bonds. The van der Waals surface area contributed by atoms with E-state index in [1.54, 1.807) is 12.4 Å². The van der Waals surface area contributed by atoms with E-state index in [4.69, 9.17) is 11.3 Å². The topological polar surface area (TPSA) is 173 Å². The van der Waals surface area contributed by atoms with Gasteiger partial charge in [0.25, 0.3) is 0 Å². The van der Waals surface area contributed by atoms with Crippen molar-refractivity contribution >= 4 is 45.3 Å². The van der Waals surface area contributed by atoms with Crippen molar-refractivity contribution in [2.75, 3.05) is 22.9 Å². The lowest BCUT2D eigenvalue weighted by molar-refractivity contribution is 0.620. The Hall–Kier alpha value is -4.81. The van der Waals surface area contributed by atoms with E-state index in [1.807, 2.05) is 36.9 Å². The Morgan fingerprint density at radius 3 is 1.93 bits per heavy atom. The van der Waals surface area contributed by atoms with Crippen LogP contribution in [0.25, 0.3) is 44.1 Å². The lowest BCUT2D eigenvalue weighted by Crippen LogP contribution is -2.31. The first-order valence-electron chi connectivity index (χ1n) is 14.5. The molecule has 2 aliphatic heterocycles. The zero-order valence-electron chi connectivity index (χ0n) is 23.7. The Morgan fingerprint density at radius 2 is 1.38 bits per heavy atom. The number of nitrogens with two attached hydrogens (primary N) is 1. The van der Waals surface area contributed by atoms with Gasteiger partial charge in [-0.1, -0.05) is 19.0 Å². The van der Waals surface area contributed by atoms with Gasteiger partial charge in [0.15, 0.2) is 22.6 Å². The fourth-order valence-electron chi connectivity index (χ4n) is 6.65. The molecule has 0 unspecified atom stereocenters. The number of rotatable bonds is 5. The van der Waals surface area contributed by atoms with E-state index in [0.29, 0.717) is 12.1 Å². The largest absolute Gasteiger partial charge is 0.353 e. The first-order valence-corrected chi connectivity index (χ1v) is 14.5. The van der Waals surface area contributed by atoms with Gasteiger partial charge in [-0.05, 0) is 43.3 Å². The summed E-state index contributed by atoms with van der Waals surface area (Å²) >= 11 is 0. The minimum atomic E-state index is 0.0176. The van der Waals surface area contributed by atoms with Crippen molar-refractivity contribution in [3.63, 3.8) is 0 Å². The van der Waals surface area contributed by atoms with Crippen molar-refractivity contribution in [1.82, 2.24) is 38.7 Å². The minimum Gasteiger partial charge on any atom is -0.353 e. The number of hydrogen-bond donors (Lipinski definition) is 3. The number of H-pyrrole nitrogens is 2. The van der Waals surface area contributed by atoms with Gasteiger partial charge < -0.3 is 25.5 Å². The molecule has 0 aromatic carbocycles. The monoisotopic (exact) mass is 566 g/mol. The summed E-state index contributed by atoms with van der Waals surface area (Å²) < 4.78 is 4.28. The second kappa shape index (κ2) is 10.5. The molecule has 4 N–H and O–H groups in total. The van der Waals surface area contributed by atoms with Crippen LogP contribution in [-0.2, 0) is 0 Å². The Bertz CT molecular complexity index is 1910. The minimum absolute atomic E-state index is 0.0176. The number of anilines is 2. The van der Waals surface area contributed by atoms with Crippen molar-refractivity contribution in [3.8, 4) is 0 Å². The standard InChI is InChI=1S/C14H16N8.C14H18N6/c1-2-10-5-9(19-20-15)8-21(10)13-7-17-12-6-18-14-11(22(12)13)3-4-16-14;1-2-10-5-9(15)8-19(10)13-7-17-12-6-18-14-11(20(12)13)3-4-16-14/h3-4,6-7,9-10,16H,2,5,8H2,1H3;3-4,6-7,9-10,16H,2,5,8,15H2,1H3/t2*9-,10+/m00/s1. The van der Waals surface area contributed by atoms with E-state index in [2.05, 4.69) is 72.4 Å². The Morgan fingerprint density at radius 1 is 0.833 bits per heavy atom. The first kappa shape index (κ1) is 26.1. The molecule has 0 radical (unpaired) electrons. The third kappa shape index (κ3) is 4.27. The smallest absolute Gasteiger partial charge is 0.157 e. The van der Waals surface area contributed by atoms with Crippen LogP contribution >= 0.6 is 0 Å². The highest BCUT2D eigenvalue weighted by atomic mass is 15.3. The lowest BCUT2D eigenvalue weighted by atomic mass is 10.1. The summed E-state index contributed by atoms with van der Waals surface area (Å²) in [6.45, 7) is 5.99. The maximum atomic E-state index is 8.70. The van der Waals surface area contributed by atoms with Crippen LogP contribution < -0.4 is 15.5 Å². The van der Waals surface area contributed by atoms with Crippen LogP contribution in [0.5, 0.6) is 0 Å². The van der Waals surface area contributed by atoms with E-state index in [9.17, 15) is 0 Å². The van der Waals surface area contributed by atoms with E-state index < -0.39 is 0 Å². The van der Waals surface area contributed by atoms with Gasteiger partial charge in [-0.25, -0.2) is 19.9 Å². The Labute approximate surface area is 241 Å². The highest BCUT2D eigenvalue weighted by Gasteiger charge is 2.33. The molecule has 2 aliphatic rings. The summed E-state index contributed by atoms with van der Waals surface area (Å²) in [7, 11) is 0. The van der Waals surface area contributed by atoms with Gasteiger partial charge in [0.1, 0.15) is 11.6 Å². The van der Waals surface area contributed by atoms with E-state index in [0.717, 1.165) is 84.0 Å². The summed E-state index contributed by atoms with van der Waals surface area (Å²) in [6.07, 6.45) is 15.2. The van der Waals surface area contributed by atoms with Crippen LogP contribution in [0, 0.1) is 0 Å². The fraction of sp³-hybridized carbons (Fsp3) is 0.429. The van der Waals surface area contributed by atoms with Gasteiger partial charge in [0.05, 0.1) is 41.9 Å². The molecule has 42 heavy (non-hydrogen) atoms. The van der Waals surface area contributed by atoms with Crippen molar-refractivity contribution in [3.05, 3.63) is 59.8 Å². The third-order valence-electron chi connectivity index (χ3n) is 8.63. The Kier molecular flexibility index (Phi) is 6.56. The normalized spacial score (nSPS) is 22.4. The molecular formula is C28H34N14. The molecule has 14 nitrogen and oxygen atoms in total. The molecular weight excluding hydrogens is 532 g/mol. The van der Waals surface area contributed by atoms with Gasteiger partial charge in [-0.2, -0.15) is 0 Å². The number of fused-ring (bicyclic) bond motifs is 6. The predicted octanol–water partition coefficient (Wildman–Crippen LogP) is 4.40. The number of azide groups is 1. The molecule has 0 spiro atoms. The predicted molar refractivity (Wildman–Crippen MR) is 163 cm³/mol. The molecule has 8 rings (SSSR count). The number of aromatic nitrogens is 8. The van der Waals surface area contributed by atoms with Crippen LogP contribution in [-0.4, -0.2) is 76.0 Å². The quantitative estimate of drug-likeness (QED) is 0.157. The summed E-state index contributed by atoms with van der Waals surface area (Å²) in [6, 6.07) is 5.16. The fourth-order valence-corrected chi connectivity index (χ4v) is 6.65. The molecule has 0 saturated carbocycles. The van der Waals surface area contributed by atoms with Gasteiger partial charge in [-0.3, -0.25) is 8.80 Å². The summed E-state index contributed by atoms with van der Waals surface area (Å²) in [5, 5.41) is 3.91. The van der Waals surface area contributed by atoms with Crippen LogP contribution in [0.3, 0.4) is 0 Å². The molecule has 0 aliphatic carbocycles. The molecule has 8 heterocycles. The summed E-state index contributed by atoms with van der Waals surface area (Å²) in [5.41, 5.74) is 20.3. The molecule has 2 fully saturated rings. The van der Waals surface area contributed by atoms with Crippen molar-refractivity contribution in [2.45, 2.75) is 63.7 Å². The maximum Gasteiger partial charge on any atom is 0.157 e. The second-order valence-electron chi connectivity index (χ2n) is 11.1. The average Bonchev–Trinajstić information content (AvgIpc) is 3.83. The number of aromatic amines is 2. The second-order valence-corrected chi connectivity index (χ2v) is 11.1. The highest BCUT2D eigenvalue weighted by Crippen LogP contribution is 2.32. The Balaban J connectivity index is 0.000000138. The van der Waals surface area contributed by atoms with Crippen molar-refractivity contribution in [1.29, 1.82) is 0 Å². The third-order valence-corrected chi connectivity index (χ3v) is 8.63. The lowest BCUT2D eigenvalue weighted by Gasteiger charge is -2.25. The molecule has 14 heteroatoms. The SMILES string of the molecule is CC[C@@H]1C[C@H](N)CN1c1cnc2cnc3[nH]ccc3n12.CC[C@@H]1C[C@H](N=[N+]=[N-])CN1c1cnc2cnc3[nH]ccc3n12. The number of nitrogens with zero attached hydrogens (tertiary/aromatic N) is 11. The summed E-state index contributed by atoms with van der Waals surface area (Å²) in [5.74, 6) is 2.15. The van der Waals surface area contributed by atoms with E-state index in [-0.39, 0.29) is 12.1 Å². The zero-order chi connectivity index (χ0) is 28.8.